The summed E-state index contributed by atoms with van der Waals surface area (Å²) >= 11 is 0. The molecule has 14 heavy (non-hydrogen) atoms. The van der Waals surface area contributed by atoms with Gasteiger partial charge in [-0.2, -0.15) is 0 Å². The normalized spacial score (nSPS) is 17.8. The number of ether oxygens (including phenoxy) is 1. The molecule has 0 aliphatic carbocycles. The maximum atomic E-state index is 6.12. The van der Waals surface area contributed by atoms with Crippen molar-refractivity contribution < 1.29 is 4.74 Å². The third-order valence-electron chi connectivity index (χ3n) is 2.72. The molecule has 0 aliphatic rings. The summed E-state index contributed by atoms with van der Waals surface area (Å²) in [5.41, 5.74) is 6.12. The minimum Gasteiger partial charge on any atom is -0.377 e. The fourth-order valence-corrected chi connectivity index (χ4v) is 1.99. The van der Waals surface area contributed by atoms with Crippen molar-refractivity contribution in [3.8, 4) is 0 Å². The van der Waals surface area contributed by atoms with Crippen LogP contribution in [0.25, 0.3) is 0 Å². The quantitative estimate of drug-likeness (QED) is 0.655. The van der Waals surface area contributed by atoms with Crippen LogP contribution in [0.15, 0.2) is 0 Å². The van der Waals surface area contributed by atoms with Crippen molar-refractivity contribution in [1.29, 1.82) is 0 Å². The van der Waals surface area contributed by atoms with Crippen LogP contribution < -0.4 is 5.73 Å². The van der Waals surface area contributed by atoms with Crippen LogP contribution in [0.5, 0.6) is 0 Å². The van der Waals surface area contributed by atoms with Crippen molar-refractivity contribution in [2.45, 2.75) is 65.5 Å². The van der Waals surface area contributed by atoms with Gasteiger partial charge in [-0.1, -0.05) is 33.6 Å². The smallest absolute Gasteiger partial charge is 0.0723 e. The fourth-order valence-electron chi connectivity index (χ4n) is 1.99. The average Bonchev–Trinajstić information content (AvgIpc) is 2.14. The van der Waals surface area contributed by atoms with E-state index in [4.69, 9.17) is 10.5 Å². The zero-order valence-electron chi connectivity index (χ0n) is 10.3. The first-order valence-corrected chi connectivity index (χ1v) is 6.02. The van der Waals surface area contributed by atoms with Crippen molar-refractivity contribution in [3.63, 3.8) is 0 Å². The standard InChI is InChI=1S/C12H27NO/c1-5-8-10(4)9-11(13)12(6-2)14-7-3/h10-12H,5-9,13H2,1-4H3. The lowest BCUT2D eigenvalue weighted by atomic mass is 9.94. The zero-order valence-corrected chi connectivity index (χ0v) is 10.3. The van der Waals surface area contributed by atoms with Crippen molar-refractivity contribution >= 4 is 0 Å². The molecule has 0 aliphatic heterocycles. The highest BCUT2D eigenvalue weighted by atomic mass is 16.5. The van der Waals surface area contributed by atoms with Gasteiger partial charge >= 0.3 is 0 Å². The minimum atomic E-state index is 0.210. The molecule has 0 heterocycles. The van der Waals surface area contributed by atoms with Crippen LogP contribution >= 0.6 is 0 Å². The second kappa shape index (κ2) is 8.25. The largest absolute Gasteiger partial charge is 0.377 e. The van der Waals surface area contributed by atoms with Gasteiger partial charge in [-0.15, -0.1) is 0 Å². The summed E-state index contributed by atoms with van der Waals surface area (Å²) in [6.45, 7) is 9.45. The lowest BCUT2D eigenvalue weighted by Gasteiger charge is -2.25. The summed E-state index contributed by atoms with van der Waals surface area (Å²) in [5.74, 6) is 0.726. The summed E-state index contributed by atoms with van der Waals surface area (Å²) in [7, 11) is 0. The molecule has 0 aromatic carbocycles. The molecule has 0 aromatic rings. The maximum absolute atomic E-state index is 6.12. The van der Waals surface area contributed by atoms with Crippen LogP contribution in [0.2, 0.25) is 0 Å². The molecule has 0 saturated carbocycles. The van der Waals surface area contributed by atoms with Crippen LogP contribution in [0, 0.1) is 5.92 Å². The van der Waals surface area contributed by atoms with Gasteiger partial charge < -0.3 is 10.5 Å². The molecule has 0 fully saturated rings. The van der Waals surface area contributed by atoms with Gasteiger partial charge in [-0.25, -0.2) is 0 Å². The van der Waals surface area contributed by atoms with Crippen molar-refractivity contribution in [1.82, 2.24) is 0 Å². The van der Waals surface area contributed by atoms with Gasteiger partial charge in [0, 0.05) is 12.6 Å². The Morgan fingerprint density at radius 3 is 2.29 bits per heavy atom. The molecule has 0 aromatic heterocycles. The lowest BCUT2D eigenvalue weighted by molar-refractivity contribution is 0.0360. The highest BCUT2D eigenvalue weighted by Crippen LogP contribution is 2.16. The molecule has 2 heteroatoms. The first-order valence-electron chi connectivity index (χ1n) is 6.02. The number of nitrogens with two attached hydrogens (primary N) is 1. The summed E-state index contributed by atoms with van der Waals surface area (Å²) in [4.78, 5) is 0. The highest BCUT2D eigenvalue weighted by molar-refractivity contribution is 4.74. The van der Waals surface area contributed by atoms with Gasteiger partial charge in [0.2, 0.25) is 0 Å². The van der Waals surface area contributed by atoms with Gasteiger partial charge in [0.25, 0.3) is 0 Å². The van der Waals surface area contributed by atoms with Gasteiger partial charge in [-0.05, 0) is 25.7 Å². The van der Waals surface area contributed by atoms with Crippen LogP contribution in [-0.2, 0) is 4.74 Å². The van der Waals surface area contributed by atoms with Crippen molar-refractivity contribution in [3.05, 3.63) is 0 Å². The van der Waals surface area contributed by atoms with E-state index in [0.717, 1.165) is 25.4 Å². The van der Waals surface area contributed by atoms with Gasteiger partial charge in [0.15, 0.2) is 0 Å². The fraction of sp³-hybridized carbons (Fsp3) is 1.00. The maximum Gasteiger partial charge on any atom is 0.0723 e. The monoisotopic (exact) mass is 201 g/mol. The van der Waals surface area contributed by atoms with E-state index in [1.807, 2.05) is 6.92 Å². The van der Waals surface area contributed by atoms with E-state index in [1.165, 1.54) is 12.8 Å². The van der Waals surface area contributed by atoms with E-state index < -0.39 is 0 Å². The third kappa shape index (κ3) is 5.61. The molecule has 2 nitrogen and oxygen atoms in total. The van der Waals surface area contributed by atoms with Gasteiger partial charge in [0.05, 0.1) is 6.10 Å². The van der Waals surface area contributed by atoms with Crippen LogP contribution in [-0.4, -0.2) is 18.8 Å². The Bertz CT molecular complexity index is 127. The molecule has 0 rings (SSSR count). The van der Waals surface area contributed by atoms with Crippen LogP contribution in [0.3, 0.4) is 0 Å². The predicted octanol–water partition coefficient (Wildman–Crippen LogP) is 2.96. The molecule has 2 N–H and O–H groups in total. The Balaban J connectivity index is 3.83. The molecule has 86 valence electrons. The first-order chi connectivity index (χ1) is 6.65. The Labute approximate surface area is 89.2 Å². The van der Waals surface area contributed by atoms with E-state index in [9.17, 15) is 0 Å². The molecule has 0 spiro atoms. The van der Waals surface area contributed by atoms with Gasteiger partial charge in [0.1, 0.15) is 0 Å². The molecule has 0 saturated heterocycles. The lowest BCUT2D eigenvalue weighted by Crippen LogP contribution is -2.37. The van der Waals surface area contributed by atoms with Crippen molar-refractivity contribution in [2.75, 3.05) is 6.61 Å². The summed E-state index contributed by atoms with van der Waals surface area (Å²) in [6.07, 6.45) is 4.88. The van der Waals surface area contributed by atoms with Crippen LogP contribution in [0.1, 0.15) is 53.4 Å². The molecule has 3 atom stereocenters. The van der Waals surface area contributed by atoms with E-state index in [-0.39, 0.29) is 12.1 Å². The van der Waals surface area contributed by atoms with E-state index in [1.54, 1.807) is 0 Å². The predicted molar refractivity (Wildman–Crippen MR) is 62.4 cm³/mol. The van der Waals surface area contributed by atoms with E-state index in [2.05, 4.69) is 20.8 Å². The van der Waals surface area contributed by atoms with Crippen LogP contribution in [0.4, 0.5) is 0 Å². The topological polar surface area (TPSA) is 35.2 Å². The minimum absolute atomic E-state index is 0.210. The van der Waals surface area contributed by atoms with E-state index in [0.29, 0.717) is 0 Å². The summed E-state index contributed by atoms with van der Waals surface area (Å²) < 4.78 is 5.61. The molecule has 3 unspecified atom stereocenters. The average molecular weight is 201 g/mol. The Morgan fingerprint density at radius 2 is 1.86 bits per heavy atom. The second-order valence-electron chi connectivity index (χ2n) is 4.20. The Morgan fingerprint density at radius 1 is 1.21 bits per heavy atom. The number of rotatable bonds is 8. The Hall–Kier alpha value is -0.0800. The molecule has 0 amide bonds. The second-order valence-corrected chi connectivity index (χ2v) is 4.20. The molecular weight excluding hydrogens is 174 g/mol. The Kier molecular flexibility index (Phi) is 8.20. The summed E-state index contributed by atoms with van der Waals surface area (Å²) in [6, 6.07) is 0.210. The highest BCUT2D eigenvalue weighted by Gasteiger charge is 2.18. The summed E-state index contributed by atoms with van der Waals surface area (Å²) in [5, 5.41) is 0. The number of hydrogen-bond acceptors (Lipinski definition) is 2. The SMILES string of the molecule is CCCC(C)CC(N)C(CC)OCC. The van der Waals surface area contributed by atoms with Gasteiger partial charge in [-0.3, -0.25) is 0 Å². The first kappa shape index (κ1) is 13.9. The third-order valence-corrected chi connectivity index (χ3v) is 2.72. The molecule has 0 radical (unpaired) electrons. The molecular formula is C12H27NO. The van der Waals surface area contributed by atoms with E-state index >= 15 is 0 Å². The molecule has 0 bridgehead atoms. The zero-order chi connectivity index (χ0) is 11.0. The van der Waals surface area contributed by atoms with Crippen molar-refractivity contribution in [2.24, 2.45) is 11.7 Å². The number of hydrogen-bond donors (Lipinski definition) is 1.